The molecule has 0 aromatic heterocycles. The number of para-hydroxylation sites is 1. The zero-order chi connectivity index (χ0) is 18.4. The molecule has 0 amide bonds. The predicted molar refractivity (Wildman–Crippen MR) is 111 cm³/mol. The van der Waals surface area contributed by atoms with Crippen LogP contribution in [0.1, 0.15) is 36.0 Å². The molecular weight excluding hydrogens is 334 g/mol. The fourth-order valence-corrected chi connectivity index (χ4v) is 5.33. The molecule has 2 aromatic rings. The van der Waals surface area contributed by atoms with Crippen LogP contribution in [0.4, 0.5) is 11.4 Å². The van der Waals surface area contributed by atoms with Gasteiger partial charge in [-0.1, -0.05) is 42.5 Å². The van der Waals surface area contributed by atoms with Crippen molar-refractivity contribution in [2.75, 3.05) is 49.6 Å². The van der Waals surface area contributed by atoms with E-state index in [4.69, 9.17) is 0 Å². The Balaban J connectivity index is 1.30. The SMILES string of the molecule is CN1CCN2c3c(cccc31)[C@@H]1CN(CCC(O)c3ccccc3)CC[C@@H]12. The highest BCUT2D eigenvalue weighted by Gasteiger charge is 2.44. The van der Waals surface area contributed by atoms with Gasteiger partial charge < -0.3 is 19.8 Å². The first kappa shape index (κ1) is 17.1. The lowest BCUT2D eigenvalue weighted by atomic mass is 9.89. The zero-order valence-corrected chi connectivity index (χ0v) is 16.1. The van der Waals surface area contributed by atoms with Gasteiger partial charge in [0.2, 0.25) is 0 Å². The first-order valence-electron chi connectivity index (χ1n) is 10.3. The van der Waals surface area contributed by atoms with Crippen LogP contribution < -0.4 is 9.80 Å². The maximum atomic E-state index is 10.5. The number of fused-ring (bicyclic) bond motifs is 3. The van der Waals surface area contributed by atoms with Crippen molar-refractivity contribution in [1.29, 1.82) is 0 Å². The number of likely N-dealkylation sites (tertiary alicyclic amines) is 1. The molecule has 4 heteroatoms. The Labute approximate surface area is 162 Å². The smallest absolute Gasteiger partial charge is 0.0802 e. The van der Waals surface area contributed by atoms with Crippen LogP contribution in [0.15, 0.2) is 48.5 Å². The molecule has 3 atom stereocenters. The van der Waals surface area contributed by atoms with Crippen LogP contribution in [0, 0.1) is 0 Å². The number of hydrogen-bond acceptors (Lipinski definition) is 4. The summed E-state index contributed by atoms with van der Waals surface area (Å²) in [4.78, 5) is 7.65. The third-order valence-electron chi connectivity index (χ3n) is 6.78. The number of aliphatic hydroxyl groups excluding tert-OH is 1. The van der Waals surface area contributed by atoms with Gasteiger partial charge in [0, 0.05) is 51.7 Å². The van der Waals surface area contributed by atoms with Crippen molar-refractivity contribution in [2.24, 2.45) is 0 Å². The third-order valence-corrected chi connectivity index (χ3v) is 6.78. The van der Waals surface area contributed by atoms with Crippen molar-refractivity contribution in [3.8, 4) is 0 Å². The second-order valence-electron chi connectivity index (χ2n) is 8.31. The van der Waals surface area contributed by atoms with Gasteiger partial charge in [0.1, 0.15) is 0 Å². The maximum absolute atomic E-state index is 10.5. The quantitative estimate of drug-likeness (QED) is 0.903. The van der Waals surface area contributed by atoms with Gasteiger partial charge in [-0.05, 0) is 30.0 Å². The Bertz CT molecular complexity index is 809. The molecule has 5 rings (SSSR count). The number of anilines is 2. The van der Waals surface area contributed by atoms with E-state index in [2.05, 4.69) is 39.9 Å². The average molecular weight is 364 g/mol. The number of aliphatic hydroxyl groups is 1. The third kappa shape index (κ3) is 2.91. The zero-order valence-electron chi connectivity index (χ0n) is 16.1. The molecule has 3 heterocycles. The highest BCUT2D eigenvalue weighted by atomic mass is 16.3. The van der Waals surface area contributed by atoms with E-state index in [1.54, 1.807) is 0 Å². The second-order valence-corrected chi connectivity index (χ2v) is 8.31. The molecule has 0 bridgehead atoms. The highest BCUT2D eigenvalue weighted by molar-refractivity contribution is 5.80. The topological polar surface area (TPSA) is 30.0 Å². The summed E-state index contributed by atoms with van der Waals surface area (Å²) in [5, 5.41) is 10.5. The van der Waals surface area contributed by atoms with Crippen molar-refractivity contribution < 1.29 is 5.11 Å². The van der Waals surface area contributed by atoms with Crippen LogP contribution in [-0.4, -0.2) is 55.8 Å². The number of piperidine rings is 1. The Morgan fingerprint density at radius 3 is 2.74 bits per heavy atom. The summed E-state index contributed by atoms with van der Waals surface area (Å²) in [7, 11) is 2.21. The molecule has 1 unspecified atom stereocenters. The van der Waals surface area contributed by atoms with Gasteiger partial charge >= 0.3 is 0 Å². The van der Waals surface area contributed by atoms with Gasteiger partial charge in [-0.25, -0.2) is 0 Å². The monoisotopic (exact) mass is 363 g/mol. The predicted octanol–water partition coefficient (Wildman–Crippen LogP) is 3.24. The number of benzene rings is 2. The summed E-state index contributed by atoms with van der Waals surface area (Å²) in [6.45, 7) is 5.48. The fraction of sp³-hybridized carbons (Fsp3) is 0.478. The molecule has 0 saturated carbocycles. The fourth-order valence-electron chi connectivity index (χ4n) is 5.33. The van der Waals surface area contributed by atoms with Gasteiger partial charge in [0.15, 0.2) is 0 Å². The van der Waals surface area contributed by atoms with E-state index in [1.165, 1.54) is 23.4 Å². The molecule has 2 aromatic carbocycles. The molecule has 0 radical (unpaired) electrons. The lowest BCUT2D eigenvalue weighted by Gasteiger charge is -2.41. The largest absolute Gasteiger partial charge is 0.388 e. The van der Waals surface area contributed by atoms with Crippen molar-refractivity contribution in [3.63, 3.8) is 0 Å². The average Bonchev–Trinajstić information content (AvgIpc) is 3.04. The second kappa shape index (κ2) is 6.84. The van der Waals surface area contributed by atoms with E-state index >= 15 is 0 Å². The van der Waals surface area contributed by atoms with Crippen molar-refractivity contribution >= 4 is 11.4 Å². The summed E-state index contributed by atoms with van der Waals surface area (Å²) >= 11 is 0. The summed E-state index contributed by atoms with van der Waals surface area (Å²) in [6, 6.07) is 17.6. The molecule has 4 nitrogen and oxygen atoms in total. The van der Waals surface area contributed by atoms with Gasteiger partial charge in [0.25, 0.3) is 0 Å². The molecule has 142 valence electrons. The molecular formula is C23H29N3O. The standard InChI is InChI=1S/C23H29N3O/c1-24-14-15-26-20-10-12-25(13-11-22(27)17-6-3-2-4-7-17)16-19(20)18-8-5-9-21(24)23(18)26/h2-9,19-20,22,27H,10-16H2,1H3/t19-,20-,22?/m0/s1. The minimum Gasteiger partial charge on any atom is -0.388 e. The van der Waals surface area contributed by atoms with Crippen LogP contribution in [-0.2, 0) is 0 Å². The molecule has 3 aliphatic rings. The van der Waals surface area contributed by atoms with Gasteiger partial charge in [-0.3, -0.25) is 0 Å². The number of hydrogen-bond donors (Lipinski definition) is 1. The summed E-state index contributed by atoms with van der Waals surface area (Å²) in [5.41, 5.74) is 5.47. The van der Waals surface area contributed by atoms with E-state index in [9.17, 15) is 5.11 Å². The van der Waals surface area contributed by atoms with E-state index < -0.39 is 0 Å². The Morgan fingerprint density at radius 2 is 1.89 bits per heavy atom. The minimum atomic E-state index is -0.362. The molecule has 0 spiro atoms. The van der Waals surface area contributed by atoms with Crippen LogP contribution in [0.5, 0.6) is 0 Å². The van der Waals surface area contributed by atoms with Gasteiger partial charge in [0.05, 0.1) is 17.5 Å². The molecule has 1 saturated heterocycles. The van der Waals surface area contributed by atoms with E-state index in [0.717, 1.165) is 44.7 Å². The van der Waals surface area contributed by atoms with Crippen LogP contribution in [0.3, 0.4) is 0 Å². The van der Waals surface area contributed by atoms with Crippen molar-refractivity contribution in [2.45, 2.75) is 30.9 Å². The molecule has 27 heavy (non-hydrogen) atoms. The van der Waals surface area contributed by atoms with E-state index in [1.807, 2.05) is 30.3 Å². The summed E-state index contributed by atoms with van der Waals surface area (Å²) in [5.74, 6) is 0.606. The van der Waals surface area contributed by atoms with Crippen LogP contribution in [0.2, 0.25) is 0 Å². The molecule has 1 N–H and O–H groups in total. The van der Waals surface area contributed by atoms with Gasteiger partial charge in [-0.15, -0.1) is 0 Å². The number of rotatable bonds is 4. The highest BCUT2D eigenvalue weighted by Crippen LogP contribution is 2.50. The Kier molecular flexibility index (Phi) is 4.33. The van der Waals surface area contributed by atoms with Crippen molar-refractivity contribution in [1.82, 2.24) is 4.90 Å². The van der Waals surface area contributed by atoms with E-state index in [-0.39, 0.29) is 6.10 Å². The Hall–Kier alpha value is -2.04. The number of likely N-dealkylation sites (N-methyl/N-ethyl adjacent to an activating group) is 1. The lowest BCUT2D eigenvalue weighted by molar-refractivity contribution is 0.125. The maximum Gasteiger partial charge on any atom is 0.0802 e. The molecule has 0 aliphatic carbocycles. The number of nitrogens with zero attached hydrogens (tertiary/aromatic N) is 3. The van der Waals surface area contributed by atoms with Gasteiger partial charge in [-0.2, -0.15) is 0 Å². The normalized spacial score (nSPS) is 25.3. The first-order valence-corrected chi connectivity index (χ1v) is 10.3. The minimum absolute atomic E-state index is 0.362. The lowest BCUT2D eigenvalue weighted by Crippen LogP contribution is -2.49. The summed E-state index contributed by atoms with van der Waals surface area (Å²) < 4.78 is 0. The molecule has 3 aliphatic heterocycles. The van der Waals surface area contributed by atoms with Crippen LogP contribution >= 0.6 is 0 Å². The van der Waals surface area contributed by atoms with Crippen LogP contribution in [0.25, 0.3) is 0 Å². The van der Waals surface area contributed by atoms with Crippen molar-refractivity contribution in [3.05, 3.63) is 59.7 Å². The Morgan fingerprint density at radius 1 is 1.04 bits per heavy atom. The van der Waals surface area contributed by atoms with E-state index in [0.29, 0.717) is 12.0 Å². The summed E-state index contributed by atoms with van der Waals surface area (Å²) in [6.07, 6.45) is 1.67. The first-order chi connectivity index (χ1) is 13.2. The molecule has 1 fully saturated rings.